The fraction of sp³-hybridized carbons (Fsp3) is 0.450. The summed E-state index contributed by atoms with van der Waals surface area (Å²) in [5.41, 5.74) is 2.67. The second-order valence-corrected chi connectivity index (χ2v) is 9.13. The number of hydrogen-bond donors (Lipinski definition) is 1. The van der Waals surface area contributed by atoms with Crippen LogP contribution in [0.15, 0.2) is 36.8 Å². The molecule has 0 amide bonds. The first-order valence-corrected chi connectivity index (χ1v) is 10.9. The fourth-order valence-electron chi connectivity index (χ4n) is 3.72. The van der Waals surface area contributed by atoms with Gasteiger partial charge in [-0.2, -0.15) is 5.10 Å². The third-order valence-electron chi connectivity index (χ3n) is 5.29. The molecule has 1 aliphatic heterocycles. The van der Waals surface area contributed by atoms with Gasteiger partial charge in [0.2, 0.25) is 10.0 Å². The van der Waals surface area contributed by atoms with Crippen LogP contribution >= 0.6 is 0 Å². The third kappa shape index (κ3) is 4.36. The topological polar surface area (TPSA) is 80.2 Å². The van der Waals surface area contributed by atoms with E-state index in [0.29, 0.717) is 25.9 Å². The number of halogens is 1. The minimum Gasteiger partial charge on any atom is -0.384 e. The van der Waals surface area contributed by atoms with Gasteiger partial charge in [-0.25, -0.2) is 17.1 Å². The SMILES string of the molecule is C.COCCS(=O)(=O)N1CCC(n2cc(-c3c[nH]c4cc(F)ccc34)cn2)CC1. The first-order chi connectivity index (χ1) is 13.5. The minimum atomic E-state index is -3.27. The molecule has 0 atom stereocenters. The van der Waals surface area contributed by atoms with Crippen LogP contribution in [0.2, 0.25) is 0 Å². The molecule has 0 spiro atoms. The lowest BCUT2D eigenvalue weighted by Gasteiger charge is -2.31. The van der Waals surface area contributed by atoms with Crippen molar-refractivity contribution < 1.29 is 17.5 Å². The van der Waals surface area contributed by atoms with Gasteiger partial charge < -0.3 is 9.72 Å². The number of nitrogens with one attached hydrogen (secondary N) is 1. The molecule has 2 aromatic heterocycles. The maximum atomic E-state index is 13.4. The molecule has 0 unspecified atom stereocenters. The van der Waals surface area contributed by atoms with Crippen molar-refractivity contribution in [2.45, 2.75) is 26.3 Å². The number of hydrogen-bond acceptors (Lipinski definition) is 4. The summed E-state index contributed by atoms with van der Waals surface area (Å²) in [6, 6.07) is 4.84. The number of piperidine rings is 1. The lowest BCUT2D eigenvalue weighted by atomic mass is 10.1. The monoisotopic (exact) mass is 422 g/mol. The highest BCUT2D eigenvalue weighted by atomic mass is 32.2. The third-order valence-corrected chi connectivity index (χ3v) is 7.13. The summed E-state index contributed by atoms with van der Waals surface area (Å²) in [4.78, 5) is 3.09. The average Bonchev–Trinajstić information content (AvgIpc) is 3.33. The molecule has 158 valence electrons. The molecular weight excluding hydrogens is 395 g/mol. The molecule has 29 heavy (non-hydrogen) atoms. The molecule has 4 rings (SSSR count). The van der Waals surface area contributed by atoms with E-state index < -0.39 is 10.0 Å². The summed E-state index contributed by atoms with van der Waals surface area (Å²) < 4.78 is 46.3. The highest BCUT2D eigenvalue weighted by molar-refractivity contribution is 7.89. The lowest BCUT2D eigenvalue weighted by Crippen LogP contribution is -2.41. The largest absolute Gasteiger partial charge is 0.384 e. The Hall–Kier alpha value is -2.23. The van der Waals surface area contributed by atoms with E-state index in [1.807, 2.05) is 17.1 Å². The number of fused-ring (bicyclic) bond motifs is 1. The van der Waals surface area contributed by atoms with Crippen LogP contribution in [0.1, 0.15) is 26.3 Å². The van der Waals surface area contributed by atoms with Gasteiger partial charge in [-0.1, -0.05) is 7.43 Å². The Morgan fingerprint density at radius 1 is 1.31 bits per heavy atom. The maximum Gasteiger partial charge on any atom is 0.216 e. The Morgan fingerprint density at radius 2 is 2.07 bits per heavy atom. The van der Waals surface area contributed by atoms with Crippen molar-refractivity contribution in [3.05, 3.63) is 42.6 Å². The molecule has 1 fully saturated rings. The highest BCUT2D eigenvalue weighted by Crippen LogP contribution is 2.31. The van der Waals surface area contributed by atoms with E-state index in [0.717, 1.165) is 22.0 Å². The fourth-order valence-corrected chi connectivity index (χ4v) is 5.12. The maximum absolute atomic E-state index is 13.4. The van der Waals surface area contributed by atoms with Gasteiger partial charge in [-0.05, 0) is 31.0 Å². The first-order valence-electron chi connectivity index (χ1n) is 9.26. The Morgan fingerprint density at radius 3 is 2.79 bits per heavy atom. The summed E-state index contributed by atoms with van der Waals surface area (Å²) in [6.07, 6.45) is 7.06. The van der Waals surface area contributed by atoms with E-state index in [1.54, 1.807) is 16.6 Å². The van der Waals surface area contributed by atoms with Crippen molar-refractivity contribution in [2.24, 2.45) is 0 Å². The second kappa shape index (κ2) is 8.64. The number of rotatable bonds is 6. The number of ether oxygens (including phenoxy) is 1. The summed E-state index contributed by atoms with van der Waals surface area (Å²) in [6.45, 7) is 1.18. The summed E-state index contributed by atoms with van der Waals surface area (Å²) in [5.74, 6) is -0.259. The summed E-state index contributed by atoms with van der Waals surface area (Å²) in [5, 5.41) is 5.44. The number of H-pyrrole nitrogens is 1. The van der Waals surface area contributed by atoms with Gasteiger partial charge in [0.15, 0.2) is 0 Å². The lowest BCUT2D eigenvalue weighted by molar-refractivity contribution is 0.212. The zero-order chi connectivity index (χ0) is 19.7. The van der Waals surface area contributed by atoms with Crippen LogP contribution in [0.5, 0.6) is 0 Å². The van der Waals surface area contributed by atoms with Crippen molar-refractivity contribution in [2.75, 3.05) is 32.6 Å². The zero-order valence-corrected chi connectivity index (χ0v) is 16.5. The van der Waals surface area contributed by atoms with Crippen molar-refractivity contribution in [1.29, 1.82) is 0 Å². The zero-order valence-electron chi connectivity index (χ0n) is 15.6. The molecule has 0 bridgehead atoms. The van der Waals surface area contributed by atoms with Gasteiger partial charge in [0.05, 0.1) is 24.6 Å². The average molecular weight is 423 g/mol. The predicted molar refractivity (Wildman–Crippen MR) is 112 cm³/mol. The Labute approximate surface area is 170 Å². The standard InChI is InChI=1S/C19H23FN4O3S.CH4/c1-27-8-9-28(25,26)23-6-4-16(5-7-23)24-13-14(11-22-24)18-12-21-19-10-15(20)2-3-17(18)19;/h2-3,10-13,16,21H,4-9H2,1H3;1H4. The van der Waals surface area contributed by atoms with Gasteiger partial charge in [0, 0.05) is 54.6 Å². The molecule has 9 heteroatoms. The van der Waals surface area contributed by atoms with E-state index >= 15 is 0 Å². The Kier molecular flexibility index (Phi) is 6.40. The number of benzene rings is 1. The van der Waals surface area contributed by atoms with Crippen LogP contribution in [-0.4, -0.2) is 60.0 Å². The van der Waals surface area contributed by atoms with Gasteiger partial charge in [0.25, 0.3) is 0 Å². The van der Waals surface area contributed by atoms with Crippen molar-refractivity contribution in [3.8, 4) is 11.1 Å². The normalized spacial score (nSPS) is 16.2. The number of sulfonamides is 1. The van der Waals surface area contributed by atoms with Gasteiger partial charge in [-0.3, -0.25) is 4.68 Å². The smallest absolute Gasteiger partial charge is 0.216 e. The highest BCUT2D eigenvalue weighted by Gasteiger charge is 2.28. The van der Waals surface area contributed by atoms with E-state index in [9.17, 15) is 12.8 Å². The van der Waals surface area contributed by atoms with Gasteiger partial charge in [-0.15, -0.1) is 0 Å². The molecule has 7 nitrogen and oxygen atoms in total. The quantitative estimate of drug-likeness (QED) is 0.660. The van der Waals surface area contributed by atoms with Gasteiger partial charge in [0.1, 0.15) is 5.82 Å². The van der Waals surface area contributed by atoms with Gasteiger partial charge >= 0.3 is 0 Å². The molecule has 0 radical (unpaired) electrons. The molecular formula is C20H27FN4O3S. The van der Waals surface area contributed by atoms with E-state index in [-0.39, 0.29) is 31.6 Å². The predicted octanol–water partition coefficient (Wildman–Crippen LogP) is 3.42. The Bertz CT molecular complexity index is 1070. The van der Waals surface area contributed by atoms with Crippen molar-refractivity contribution in [3.63, 3.8) is 0 Å². The number of nitrogens with zero attached hydrogens (tertiary/aromatic N) is 3. The molecule has 0 aliphatic carbocycles. The van der Waals surface area contributed by atoms with Crippen LogP contribution in [0, 0.1) is 5.82 Å². The van der Waals surface area contributed by atoms with Crippen LogP contribution in [-0.2, 0) is 14.8 Å². The number of aromatic nitrogens is 3. The van der Waals surface area contributed by atoms with Crippen LogP contribution in [0.3, 0.4) is 0 Å². The first kappa shape index (κ1) is 21.5. The number of aromatic amines is 1. The second-order valence-electron chi connectivity index (χ2n) is 7.04. The summed E-state index contributed by atoms with van der Waals surface area (Å²) in [7, 11) is -1.76. The van der Waals surface area contributed by atoms with E-state index in [1.165, 1.54) is 19.2 Å². The molecule has 3 heterocycles. The van der Waals surface area contributed by atoms with Crippen LogP contribution in [0.25, 0.3) is 22.0 Å². The van der Waals surface area contributed by atoms with E-state index in [4.69, 9.17) is 4.74 Å². The summed E-state index contributed by atoms with van der Waals surface area (Å²) >= 11 is 0. The van der Waals surface area contributed by atoms with Crippen molar-refractivity contribution >= 4 is 20.9 Å². The minimum absolute atomic E-state index is 0. The molecule has 0 saturated carbocycles. The van der Waals surface area contributed by atoms with Crippen LogP contribution in [0.4, 0.5) is 4.39 Å². The molecule has 1 aromatic carbocycles. The Balaban J connectivity index is 0.00000240. The number of methoxy groups -OCH3 is 1. The van der Waals surface area contributed by atoms with Crippen LogP contribution < -0.4 is 0 Å². The molecule has 1 saturated heterocycles. The van der Waals surface area contributed by atoms with E-state index in [2.05, 4.69) is 10.1 Å². The molecule has 3 aromatic rings. The van der Waals surface area contributed by atoms with Crippen molar-refractivity contribution in [1.82, 2.24) is 19.1 Å². The molecule has 1 N–H and O–H groups in total. The molecule has 1 aliphatic rings.